The van der Waals surface area contributed by atoms with E-state index in [1.165, 1.54) is 0 Å². The molecule has 1 aromatic rings. The standard InChI is InChI=1S/C12H20N4OS/c1-10(16-5-3-13-4-6-16)12(17)15(2)7-11-8-18-9-14-11/h8-10,13H,3-7H2,1-2H3. The maximum absolute atomic E-state index is 12.3. The molecule has 2 rings (SSSR count). The van der Waals surface area contributed by atoms with Gasteiger partial charge in [0.15, 0.2) is 0 Å². The summed E-state index contributed by atoms with van der Waals surface area (Å²) in [5, 5.41) is 5.28. The molecule has 6 heteroatoms. The van der Waals surface area contributed by atoms with Crippen LogP contribution in [0.2, 0.25) is 0 Å². The van der Waals surface area contributed by atoms with Crippen LogP contribution in [0.4, 0.5) is 0 Å². The average molecular weight is 268 g/mol. The van der Waals surface area contributed by atoms with Crippen LogP contribution in [-0.4, -0.2) is 60.0 Å². The molecule has 0 aliphatic carbocycles. The van der Waals surface area contributed by atoms with Crippen molar-refractivity contribution in [2.75, 3.05) is 33.2 Å². The summed E-state index contributed by atoms with van der Waals surface area (Å²) >= 11 is 1.56. The number of carbonyl (C=O) groups excluding carboxylic acids is 1. The van der Waals surface area contributed by atoms with Crippen LogP contribution in [-0.2, 0) is 11.3 Å². The van der Waals surface area contributed by atoms with Gasteiger partial charge in [0.2, 0.25) is 5.91 Å². The molecule has 100 valence electrons. The van der Waals surface area contributed by atoms with E-state index in [0.29, 0.717) is 6.54 Å². The third kappa shape index (κ3) is 3.28. The van der Waals surface area contributed by atoms with Crippen molar-refractivity contribution in [1.29, 1.82) is 0 Å². The number of rotatable bonds is 4. The van der Waals surface area contributed by atoms with Crippen molar-refractivity contribution in [3.05, 3.63) is 16.6 Å². The summed E-state index contributed by atoms with van der Waals surface area (Å²) in [7, 11) is 1.85. The van der Waals surface area contributed by atoms with Gasteiger partial charge >= 0.3 is 0 Å². The van der Waals surface area contributed by atoms with Crippen LogP contribution in [0.1, 0.15) is 12.6 Å². The van der Waals surface area contributed by atoms with E-state index in [9.17, 15) is 4.79 Å². The molecule has 0 aromatic carbocycles. The van der Waals surface area contributed by atoms with Gasteiger partial charge in [-0.25, -0.2) is 4.98 Å². The number of hydrogen-bond acceptors (Lipinski definition) is 5. The van der Waals surface area contributed by atoms with E-state index in [1.54, 1.807) is 21.7 Å². The highest BCUT2D eigenvalue weighted by atomic mass is 32.1. The largest absolute Gasteiger partial charge is 0.338 e. The fourth-order valence-corrected chi connectivity index (χ4v) is 2.73. The van der Waals surface area contributed by atoms with E-state index in [4.69, 9.17) is 0 Å². The first-order valence-corrected chi connectivity index (χ1v) is 7.19. The smallest absolute Gasteiger partial charge is 0.239 e. The van der Waals surface area contributed by atoms with Crippen molar-refractivity contribution in [2.45, 2.75) is 19.5 Å². The zero-order valence-electron chi connectivity index (χ0n) is 10.9. The van der Waals surface area contributed by atoms with Gasteiger partial charge in [-0.2, -0.15) is 0 Å². The topological polar surface area (TPSA) is 48.5 Å². The van der Waals surface area contributed by atoms with Gasteiger partial charge in [-0.3, -0.25) is 9.69 Å². The molecule has 0 radical (unpaired) electrons. The van der Waals surface area contributed by atoms with Gasteiger partial charge in [0.1, 0.15) is 0 Å². The molecule has 1 fully saturated rings. The Hall–Kier alpha value is -0.980. The van der Waals surface area contributed by atoms with Crippen molar-refractivity contribution in [1.82, 2.24) is 20.1 Å². The molecule has 1 unspecified atom stereocenters. The molecule has 0 bridgehead atoms. The highest BCUT2D eigenvalue weighted by Crippen LogP contribution is 2.08. The van der Waals surface area contributed by atoms with Crippen molar-refractivity contribution in [3.63, 3.8) is 0 Å². The predicted molar refractivity (Wildman–Crippen MR) is 72.5 cm³/mol. The Morgan fingerprint density at radius 1 is 1.61 bits per heavy atom. The maximum atomic E-state index is 12.3. The van der Waals surface area contributed by atoms with Gasteiger partial charge < -0.3 is 10.2 Å². The molecule has 1 N–H and O–H groups in total. The van der Waals surface area contributed by atoms with Gasteiger partial charge in [-0.1, -0.05) is 0 Å². The van der Waals surface area contributed by atoms with Crippen molar-refractivity contribution >= 4 is 17.2 Å². The SMILES string of the molecule is CC(C(=O)N(C)Cc1cscn1)N1CCNCC1. The zero-order chi connectivity index (χ0) is 13.0. The number of carbonyl (C=O) groups is 1. The molecular formula is C12H20N4OS. The normalized spacial score (nSPS) is 18.6. The second kappa shape index (κ2) is 6.26. The fraction of sp³-hybridized carbons (Fsp3) is 0.667. The minimum absolute atomic E-state index is 0.0456. The summed E-state index contributed by atoms with van der Waals surface area (Å²) in [5.74, 6) is 0.171. The van der Waals surface area contributed by atoms with Crippen LogP contribution in [0.15, 0.2) is 10.9 Å². The fourth-order valence-electron chi connectivity index (χ4n) is 2.18. The monoisotopic (exact) mass is 268 g/mol. The Morgan fingerprint density at radius 2 is 2.33 bits per heavy atom. The molecule has 1 amide bonds. The minimum atomic E-state index is -0.0456. The van der Waals surface area contributed by atoms with Gasteiger partial charge in [0.25, 0.3) is 0 Å². The lowest BCUT2D eigenvalue weighted by molar-refractivity contribution is -0.135. The molecule has 18 heavy (non-hydrogen) atoms. The van der Waals surface area contributed by atoms with Crippen LogP contribution < -0.4 is 5.32 Å². The number of aromatic nitrogens is 1. The summed E-state index contributed by atoms with van der Waals surface area (Å²) in [5.41, 5.74) is 2.76. The van der Waals surface area contributed by atoms with Crippen molar-refractivity contribution in [2.24, 2.45) is 0 Å². The van der Waals surface area contributed by atoms with E-state index in [0.717, 1.165) is 31.9 Å². The highest BCUT2D eigenvalue weighted by molar-refractivity contribution is 7.07. The van der Waals surface area contributed by atoms with Crippen LogP contribution in [0.25, 0.3) is 0 Å². The zero-order valence-corrected chi connectivity index (χ0v) is 11.7. The van der Waals surface area contributed by atoms with Gasteiger partial charge in [-0.05, 0) is 6.92 Å². The summed E-state index contributed by atoms with van der Waals surface area (Å²) in [6.45, 7) is 6.40. The Labute approximate surface area is 112 Å². The van der Waals surface area contributed by atoms with Crippen molar-refractivity contribution < 1.29 is 4.79 Å². The first-order valence-electron chi connectivity index (χ1n) is 6.25. The molecule has 1 aliphatic rings. The Kier molecular flexibility index (Phi) is 4.68. The molecular weight excluding hydrogens is 248 g/mol. The van der Waals surface area contributed by atoms with Crippen molar-refractivity contribution in [3.8, 4) is 0 Å². The Balaban J connectivity index is 1.88. The molecule has 1 saturated heterocycles. The summed E-state index contributed by atoms with van der Waals surface area (Å²) in [4.78, 5) is 20.5. The van der Waals surface area contributed by atoms with E-state index < -0.39 is 0 Å². The van der Waals surface area contributed by atoms with E-state index >= 15 is 0 Å². The Morgan fingerprint density at radius 3 is 2.94 bits per heavy atom. The lowest BCUT2D eigenvalue weighted by Crippen LogP contribution is -2.52. The summed E-state index contributed by atoms with van der Waals surface area (Å²) in [6, 6.07) is -0.0456. The second-order valence-corrected chi connectivity index (χ2v) is 5.35. The first-order chi connectivity index (χ1) is 8.68. The maximum Gasteiger partial charge on any atom is 0.239 e. The number of thiazole rings is 1. The number of nitrogens with one attached hydrogen (secondary N) is 1. The highest BCUT2D eigenvalue weighted by Gasteiger charge is 2.25. The van der Waals surface area contributed by atoms with Crippen LogP contribution in [0.5, 0.6) is 0 Å². The first kappa shape index (κ1) is 13.5. The van der Waals surface area contributed by atoms with Crippen LogP contribution >= 0.6 is 11.3 Å². The number of likely N-dealkylation sites (N-methyl/N-ethyl adjacent to an activating group) is 1. The third-order valence-electron chi connectivity index (χ3n) is 3.32. The molecule has 1 aromatic heterocycles. The van der Waals surface area contributed by atoms with E-state index in [-0.39, 0.29) is 11.9 Å². The second-order valence-electron chi connectivity index (χ2n) is 4.64. The number of hydrogen-bond donors (Lipinski definition) is 1. The molecule has 1 aliphatic heterocycles. The number of amides is 1. The molecule has 0 spiro atoms. The van der Waals surface area contributed by atoms with E-state index in [2.05, 4.69) is 15.2 Å². The number of nitrogens with zero attached hydrogens (tertiary/aromatic N) is 3. The molecule has 2 heterocycles. The quantitative estimate of drug-likeness (QED) is 0.858. The van der Waals surface area contributed by atoms with Gasteiger partial charge in [0.05, 0.1) is 23.8 Å². The average Bonchev–Trinajstić information content (AvgIpc) is 2.91. The third-order valence-corrected chi connectivity index (χ3v) is 3.95. The molecule has 0 saturated carbocycles. The van der Waals surface area contributed by atoms with E-state index in [1.807, 2.05) is 19.4 Å². The van der Waals surface area contributed by atoms with Crippen LogP contribution in [0.3, 0.4) is 0 Å². The summed E-state index contributed by atoms with van der Waals surface area (Å²) in [6.07, 6.45) is 0. The lowest BCUT2D eigenvalue weighted by atomic mass is 10.2. The lowest BCUT2D eigenvalue weighted by Gasteiger charge is -2.33. The molecule has 1 atom stereocenters. The predicted octanol–water partition coefficient (Wildman–Crippen LogP) is 0.395. The van der Waals surface area contributed by atoms with Crippen LogP contribution in [0, 0.1) is 0 Å². The Bertz CT molecular complexity index is 375. The molecule has 5 nitrogen and oxygen atoms in total. The van der Waals surface area contributed by atoms with Gasteiger partial charge in [0, 0.05) is 38.6 Å². The number of piperazine rings is 1. The van der Waals surface area contributed by atoms with Gasteiger partial charge in [-0.15, -0.1) is 11.3 Å². The minimum Gasteiger partial charge on any atom is -0.338 e. The summed E-state index contributed by atoms with van der Waals surface area (Å²) < 4.78 is 0.